The van der Waals surface area contributed by atoms with Crippen molar-refractivity contribution >= 4 is 11.7 Å². The van der Waals surface area contributed by atoms with Crippen LogP contribution in [0, 0.1) is 28.6 Å². The van der Waals surface area contributed by atoms with Gasteiger partial charge in [0, 0.05) is 0 Å². The summed E-state index contributed by atoms with van der Waals surface area (Å²) in [5.74, 6) is 1.11. The molecule has 144 valence electrons. The van der Waals surface area contributed by atoms with E-state index in [1.165, 1.54) is 24.8 Å². The SMILES string of the molecule is C[C@]12CC[C@H]3[C@@H](CCC4=C/C(=N\OCC(=O)O)CC[C@@]43C)[C@@H]1CC[C@@H]2O. The van der Waals surface area contributed by atoms with Gasteiger partial charge in [-0.05, 0) is 86.0 Å². The Hall–Kier alpha value is -1.36. The van der Waals surface area contributed by atoms with Crippen LogP contribution in [0.15, 0.2) is 16.8 Å². The molecule has 5 heteroatoms. The number of fused-ring (bicyclic) bond motifs is 5. The number of hydrogen-bond donors (Lipinski definition) is 2. The molecule has 26 heavy (non-hydrogen) atoms. The number of carbonyl (C=O) groups is 1. The van der Waals surface area contributed by atoms with Gasteiger partial charge >= 0.3 is 5.97 Å². The second-order valence-corrected chi connectivity index (χ2v) is 9.39. The quantitative estimate of drug-likeness (QED) is 0.750. The molecule has 0 amide bonds. The average molecular weight is 361 g/mol. The Morgan fingerprint density at radius 3 is 2.77 bits per heavy atom. The smallest absolute Gasteiger partial charge is 0.344 e. The summed E-state index contributed by atoms with van der Waals surface area (Å²) >= 11 is 0. The van der Waals surface area contributed by atoms with Crippen molar-refractivity contribution in [3.63, 3.8) is 0 Å². The van der Waals surface area contributed by atoms with Gasteiger partial charge in [0.1, 0.15) is 0 Å². The highest BCUT2D eigenvalue weighted by molar-refractivity contribution is 5.96. The molecule has 0 aliphatic heterocycles. The molecule has 4 aliphatic carbocycles. The van der Waals surface area contributed by atoms with E-state index in [-0.39, 0.29) is 23.5 Å². The van der Waals surface area contributed by atoms with Gasteiger partial charge in [-0.15, -0.1) is 0 Å². The number of hydrogen-bond acceptors (Lipinski definition) is 4. The number of rotatable bonds is 3. The topological polar surface area (TPSA) is 79.1 Å². The first-order valence-corrected chi connectivity index (χ1v) is 10.1. The van der Waals surface area contributed by atoms with Crippen LogP contribution in [0.3, 0.4) is 0 Å². The van der Waals surface area contributed by atoms with Crippen molar-refractivity contribution in [2.75, 3.05) is 6.61 Å². The summed E-state index contributed by atoms with van der Waals surface area (Å²) in [6.07, 6.45) is 10.8. The number of allylic oxidation sites excluding steroid dienone is 2. The van der Waals surface area contributed by atoms with Gasteiger partial charge in [0.25, 0.3) is 0 Å². The molecule has 0 spiro atoms. The van der Waals surface area contributed by atoms with Gasteiger partial charge in [0.05, 0.1) is 11.8 Å². The normalized spacial score (nSPS) is 46.1. The highest BCUT2D eigenvalue weighted by atomic mass is 16.6. The third-order valence-corrected chi connectivity index (χ3v) is 8.30. The fourth-order valence-corrected chi connectivity index (χ4v) is 6.79. The maximum Gasteiger partial charge on any atom is 0.344 e. The molecule has 3 fully saturated rings. The minimum Gasteiger partial charge on any atom is -0.479 e. The van der Waals surface area contributed by atoms with E-state index in [0.29, 0.717) is 11.8 Å². The van der Waals surface area contributed by atoms with E-state index in [9.17, 15) is 9.90 Å². The van der Waals surface area contributed by atoms with Crippen LogP contribution in [-0.4, -0.2) is 34.6 Å². The average Bonchev–Trinajstić information content (AvgIpc) is 2.90. The van der Waals surface area contributed by atoms with Gasteiger partial charge in [-0.25, -0.2) is 4.79 Å². The van der Waals surface area contributed by atoms with Crippen molar-refractivity contribution in [2.45, 2.75) is 71.3 Å². The zero-order valence-electron chi connectivity index (χ0n) is 15.9. The van der Waals surface area contributed by atoms with Gasteiger partial charge < -0.3 is 15.1 Å². The largest absolute Gasteiger partial charge is 0.479 e. The zero-order valence-corrected chi connectivity index (χ0v) is 15.9. The molecule has 0 aromatic carbocycles. The molecule has 4 rings (SSSR count). The predicted molar refractivity (Wildman–Crippen MR) is 98.7 cm³/mol. The van der Waals surface area contributed by atoms with Crippen molar-refractivity contribution in [3.05, 3.63) is 11.6 Å². The number of carboxylic acids is 1. The summed E-state index contributed by atoms with van der Waals surface area (Å²) in [7, 11) is 0. The molecule has 0 saturated heterocycles. The van der Waals surface area contributed by atoms with E-state index in [1.54, 1.807) is 0 Å². The first-order chi connectivity index (χ1) is 12.3. The molecule has 0 aromatic heterocycles. The van der Waals surface area contributed by atoms with Crippen LogP contribution in [-0.2, 0) is 9.63 Å². The molecule has 3 saturated carbocycles. The molecule has 5 nitrogen and oxygen atoms in total. The Balaban J connectivity index is 1.55. The summed E-state index contributed by atoms with van der Waals surface area (Å²) in [6, 6.07) is 0. The van der Waals surface area contributed by atoms with Gasteiger partial charge in [-0.1, -0.05) is 24.6 Å². The Bertz CT molecular complexity index is 656. The molecule has 0 unspecified atom stereocenters. The molecule has 0 heterocycles. The lowest BCUT2D eigenvalue weighted by Gasteiger charge is -2.57. The standard InChI is InChI=1S/C21H31NO4/c1-20-9-7-14(22-26-12-19(24)25)11-13(20)3-4-15-16-5-6-18(23)21(16,2)10-8-17(15)20/h11,15-18,23H,3-10,12H2,1-2H3,(H,24,25)/b22-14-/t15-,16-,17-,18-,20-,21-/m0/s1. The van der Waals surface area contributed by atoms with Gasteiger partial charge in [-0.3, -0.25) is 0 Å². The highest BCUT2D eigenvalue weighted by Gasteiger charge is 2.58. The number of nitrogens with zero attached hydrogens (tertiary/aromatic N) is 1. The molecule has 0 radical (unpaired) electrons. The van der Waals surface area contributed by atoms with Crippen molar-refractivity contribution in [2.24, 2.45) is 33.7 Å². The summed E-state index contributed by atoms with van der Waals surface area (Å²) in [5, 5.41) is 23.3. The molecular formula is C21H31NO4. The summed E-state index contributed by atoms with van der Waals surface area (Å²) in [5.41, 5.74) is 2.72. The summed E-state index contributed by atoms with van der Waals surface area (Å²) < 4.78 is 0. The number of aliphatic carboxylic acids is 1. The first kappa shape index (κ1) is 18.0. The zero-order chi connectivity index (χ0) is 18.5. The lowest BCUT2D eigenvalue weighted by Crippen LogP contribution is -2.51. The monoisotopic (exact) mass is 361 g/mol. The summed E-state index contributed by atoms with van der Waals surface area (Å²) in [6.45, 7) is 4.38. The fourth-order valence-electron chi connectivity index (χ4n) is 6.79. The third-order valence-electron chi connectivity index (χ3n) is 8.30. The Labute approximate surface area is 155 Å². The van der Waals surface area contributed by atoms with Crippen LogP contribution in [0.4, 0.5) is 0 Å². The van der Waals surface area contributed by atoms with E-state index in [2.05, 4.69) is 25.1 Å². The molecule has 6 atom stereocenters. The van der Waals surface area contributed by atoms with Crippen LogP contribution in [0.5, 0.6) is 0 Å². The van der Waals surface area contributed by atoms with Crippen LogP contribution in [0.2, 0.25) is 0 Å². The van der Waals surface area contributed by atoms with Gasteiger partial charge in [0.2, 0.25) is 6.61 Å². The number of carboxylic acid groups (broad SMARTS) is 1. The lowest BCUT2D eigenvalue weighted by molar-refractivity contribution is -0.142. The van der Waals surface area contributed by atoms with Crippen LogP contribution >= 0.6 is 0 Å². The van der Waals surface area contributed by atoms with E-state index in [0.717, 1.165) is 43.7 Å². The number of oxime groups is 1. The molecule has 0 bridgehead atoms. The van der Waals surface area contributed by atoms with E-state index < -0.39 is 5.97 Å². The van der Waals surface area contributed by atoms with Crippen LogP contribution in [0.25, 0.3) is 0 Å². The first-order valence-electron chi connectivity index (χ1n) is 10.1. The predicted octanol–water partition coefficient (Wildman–Crippen LogP) is 3.77. The third kappa shape index (κ3) is 2.70. The van der Waals surface area contributed by atoms with Gasteiger partial charge in [-0.2, -0.15) is 0 Å². The second-order valence-electron chi connectivity index (χ2n) is 9.39. The molecule has 0 aromatic rings. The van der Waals surface area contributed by atoms with Crippen molar-refractivity contribution < 1.29 is 19.8 Å². The Kier molecular flexibility index (Phi) is 4.41. The number of aliphatic hydroxyl groups excluding tert-OH is 1. The van der Waals surface area contributed by atoms with Crippen LogP contribution in [0.1, 0.15) is 65.2 Å². The second kappa shape index (κ2) is 6.36. The minimum absolute atomic E-state index is 0.116. The lowest BCUT2D eigenvalue weighted by atomic mass is 9.47. The van der Waals surface area contributed by atoms with Crippen molar-refractivity contribution in [1.29, 1.82) is 0 Å². The Morgan fingerprint density at radius 2 is 2.00 bits per heavy atom. The van der Waals surface area contributed by atoms with E-state index >= 15 is 0 Å². The van der Waals surface area contributed by atoms with Gasteiger partial charge in [0.15, 0.2) is 0 Å². The molecular weight excluding hydrogens is 330 g/mol. The number of aliphatic hydroxyl groups is 1. The van der Waals surface area contributed by atoms with E-state index in [4.69, 9.17) is 9.94 Å². The van der Waals surface area contributed by atoms with E-state index in [1.807, 2.05) is 0 Å². The van der Waals surface area contributed by atoms with Crippen molar-refractivity contribution in [1.82, 2.24) is 0 Å². The highest BCUT2D eigenvalue weighted by Crippen LogP contribution is 2.65. The molecule has 2 N–H and O–H groups in total. The summed E-state index contributed by atoms with van der Waals surface area (Å²) in [4.78, 5) is 15.5. The maximum absolute atomic E-state index is 10.6. The minimum atomic E-state index is -0.993. The maximum atomic E-state index is 10.6. The Morgan fingerprint density at radius 1 is 1.19 bits per heavy atom. The molecule has 4 aliphatic rings. The van der Waals surface area contributed by atoms with Crippen LogP contribution < -0.4 is 0 Å². The van der Waals surface area contributed by atoms with Crippen molar-refractivity contribution in [3.8, 4) is 0 Å². The fraction of sp³-hybridized carbons (Fsp3) is 0.810.